The fraction of sp³-hybridized carbons (Fsp3) is 0.286. The molecule has 0 saturated carbocycles. The van der Waals surface area contributed by atoms with Crippen molar-refractivity contribution in [1.29, 1.82) is 0 Å². The zero-order chi connectivity index (χ0) is 13.8. The largest absolute Gasteiger partial charge is 0.497 e. The third-order valence-corrected chi connectivity index (χ3v) is 4.81. The molecule has 3 nitrogen and oxygen atoms in total. The lowest BCUT2D eigenvalue weighted by Crippen LogP contribution is -2.04. The lowest BCUT2D eigenvalue weighted by Gasteiger charge is -2.15. The van der Waals surface area contributed by atoms with Crippen LogP contribution >= 0.6 is 27.3 Å². The van der Waals surface area contributed by atoms with Crippen LogP contribution in [0.15, 0.2) is 34.1 Å². The molecule has 2 aromatic rings. The van der Waals surface area contributed by atoms with Crippen molar-refractivity contribution in [3.05, 3.63) is 44.6 Å². The van der Waals surface area contributed by atoms with Gasteiger partial charge in [-0.1, -0.05) is 0 Å². The number of ether oxygens (including phenoxy) is 2. The van der Waals surface area contributed by atoms with Gasteiger partial charge in [0, 0.05) is 21.3 Å². The van der Waals surface area contributed by atoms with E-state index in [2.05, 4.69) is 15.9 Å². The van der Waals surface area contributed by atoms with Crippen molar-refractivity contribution in [3.63, 3.8) is 0 Å². The highest BCUT2D eigenvalue weighted by molar-refractivity contribution is 9.10. The Balaban J connectivity index is 2.26. The van der Waals surface area contributed by atoms with E-state index >= 15 is 0 Å². The molecule has 0 saturated heterocycles. The van der Waals surface area contributed by atoms with E-state index in [4.69, 9.17) is 9.47 Å². The quantitative estimate of drug-likeness (QED) is 0.897. The van der Waals surface area contributed by atoms with Gasteiger partial charge in [0.1, 0.15) is 11.5 Å². The van der Waals surface area contributed by atoms with Crippen molar-refractivity contribution in [2.75, 3.05) is 14.2 Å². The van der Waals surface area contributed by atoms with E-state index in [1.807, 2.05) is 23.6 Å². The molecule has 0 spiro atoms. The van der Waals surface area contributed by atoms with Crippen LogP contribution in [0.25, 0.3) is 0 Å². The number of benzene rings is 1. The third kappa shape index (κ3) is 3.29. The van der Waals surface area contributed by atoms with Gasteiger partial charge in [-0.05, 0) is 45.6 Å². The summed E-state index contributed by atoms with van der Waals surface area (Å²) in [5, 5.41) is 12.4. The standard InChI is InChI=1S/C14H15BrO3S/c1-17-9-3-4-13(18-2)10(7-9)12(16)8-14-11(15)5-6-19-14/h3-7,12,16H,8H2,1-2H3. The van der Waals surface area contributed by atoms with Gasteiger partial charge in [0.2, 0.25) is 0 Å². The van der Waals surface area contributed by atoms with Gasteiger partial charge in [-0.15, -0.1) is 11.3 Å². The van der Waals surface area contributed by atoms with Gasteiger partial charge < -0.3 is 14.6 Å². The van der Waals surface area contributed by atoms with Crippen LogP contribution in [0.2, 0.25) is 0 Å². The van der Waals surface area contributed by atoms with Crippen LogP contribution in [0, 0.1) is 0 Å². The van der Waals surface area contributed by atoms with E-state index in [1.165, 1.54) is 0 Å². The second-order valence-corrected chi connectivity index (χ2v) is 5.87. The van der Waals surface area contributed by atoms with E-state index in [1.54, 1.807) is 31.6 Å². The molecule has 1 atom stereocenters. The first-order valence-corrected chi connectivity index (χ1v) is 7.44. The summed E-state index contributed by atoms with van der Waals surface area (Å²) >= 11 is 5.09. The summed E-state index contributed by atoms with van der Waals surface area (Å²) < 4.78 is 11.5. The Morgan fingerprint density at radius 3 is 2.63 bits per heavy atom. The van der Waals surface area contributed by atoms with Crippen molar-refractivity contribution < 1.29 is 14.6 Å². The maximum absolute atomic E-state index is 10.4. The molecule has 0 aliphatic rings. The molecule has 1 aromatic heterocycles. The fourth-order valence-electron chi connectivity index (χ4n) is 1.86. The van der Waals surface area contributed by atoms with E-state index in [9.17, 15) is 5.11 Å². The highest BCUT2D eigenvalue weighted by Gasteiger charge is 2.17. The number of methoxy groups -OCH3 is 2. The van der Waals surface area contributed by atoms with E-state index in [0.29, 0.717) is 17.9 Å². The number of aliphatic hydroxyl groups is 1. The van der Waals surface area contributed by atoms with Crippen molar-refractivity contribution in [2.24, 2.45) is 0 Å². The van der Waals surface area contributed by atoms with Crippen LogP contribution in [0.4, 0.5) is 0 Å². The van der Waals surface area contributed by atoms with Crippen LogP contribution in [0.1, 0.15) is 16.5 Å². The van der Waals surface area contributed by atoms with Crippen molar-refractivity contribution in [1.82, 2.24) is 0 Å². The summed E-state index contributed by atoms with van der Waals surface area (Å²) in [6, 6.07) is 7.41. The number of hydrogen-bond donors (Lipinski definition) is 1. The lowest BCUT2D eigenvalue weighted by molar-refractivity contribution is 0.174. The Morgan fingerprint density at radius 1 is 1.26 bits per heavy atom. The predicted octanol–water partition coefficient (Wildman–Crippen LogP) is 3.80. The summed E-state index contributed by atoms with van der Waals surface area (Å²) in [7, 11) is 3.20. The molecule has 0 radical (unpaired) electrons. The van der Waals surface area contributed by atoms with Crippen LogP contribution in [0.3, 0.4) is 0 Å². The molecule has 0 amide bonds. The molecular weight excluding hydrogens is 328 g/mol. The molecule has 1 aromatic carbocycles. The Bertz CT molecular complexity index is 553. The minimum atomic E-state index is -0.625. The third-order valence-electron chi connectivity index (χ3n) is 2.87. The number of rotatable bonds is 5. The molecule has 1 unspecified atom stereocenters. The van der Waals surface area contributed by atoms with E-state index in [0.717, 1.165) is 14.9 Å². The van der Waals surface area contributed by atoms with Gasteiger partial charge in [0.05, 0.1) is 20.3 Å². The molecule has 1 N–H and O–H groups in total. The highest BCUT2D eigenvalue weighted by atomic mass is 79.9. The van der Waals surface area contributed by atoms with Gasteiger partial charge in [0.15, 0.2) is 0 Å². The Labute approximate surface area is 124 Å². The maximum atomic E-state index is 10.4. The Morgan fingerprint density at radius 2 is 2.05 bits per heavy atom. The second kappa shape index (κ2) is 6.41. The zero-order valence-corrected chi connectivity index (χ0v) is 13.1. The molecule has 0 aliphatic carbocycles. The number of aliphatic hydroxyl groups excluding tert-OH is 1. The average molecular weight is 343 g/mol. The first-order chi connectivity index (χ1) is 9.15. The average Bonchev–Trinajstić information content (AvgIpc) is 2.83. The normalized spacial score (nSPS) is 12.2. The minimum Gasteiger partial charge on any atom is -0.497 e. The minimum absolute atomic E-state index is 0.543. The molecule has 102 valence electrons. The smallest absolute Gasteiger partial charge is 0.124 e. The van der Waals surface area contributed by atoms with Crippen molar-refractivity contribution >= 4 is 27.3 Å². The summed E-state index contributed by atoms with van der Waals surface area (Å²) in [6.07, 6.45) is -0.0816. The fourth-order valence-corrected chi connectivity index (χ4v) is 3.41. The van der Waals surface area contributed by atoms with Crippen LogP contribution in [-0.2, 0) is 6.42 Å². The van der Waals surface area contributed by atoms with Crippen molar-refractivity contribution in [3.8, 4) is 11.5 Å². The van der Waals surface area contributed by atoms with Crippen LogP contribution < -0.4 is 9.47 Å². The number of thiophene rings is 1. The number of hydrogen-bond acceptors (Lipinski definition) is 4. The molecule has 0 aliphatic heterocycles. The molecule has 0 fully saturated rings. The summed E-state index contributed by atoms with van der Waals surface area (Å²) in [5.41, 5.74) is 0.738. The molecule has 1 heterocycles. The summed E-state index contributed by atoms with van der Waals surface area (Å²) in [4.78, 5) is 1.11. The first-order valence-electron chi connectivity index (χ1n) is 5.77. The highest BCUT2D eigenvalue weighted by Crippen LogP contribution is 2.34. The van der Waals surface area contributed by atoms with Gasteiger partial charge in [-0.2, -0.15) is 0 Å². The SMILES string of the molecule is COc1ccc(OC)c(C(O)Cc2sccc2Br)c1. The van der Waals surface area contributed by atoms with Gasteiger partial charge in [-0.3, -0.25) is 0 Å². The lowest BCUT2D eigenvalue weighted by atomic mass is 10.0. The zero-order valence-electron chi connectivity index (χ0n) is 10.7. The Hall–Kier alpha value is -1.04. The van der Waals surface area contributed by atoms with Crippen molar-refractivity contribution in [2.45, 2.75) is 12.5 Å². The topological polar surface area (TPSA) is 38.7 Å². The van der Waals surface area contributed by atoms with Gasteiger partial charge in [-0.25, -0.2) is 0 Å². The van der Waals surface area contributed by atoms with E-state index < -0.39 is 6.10 Å². The van der Waals surface area contributed by atoms with Crippen LogP contribution in [-0.4, -0.2) is 19.3 Å². The van der Waals surface area contributed by atoms with Gasteiger partial charge >= 0.3 is 0 Å². The number of halogens is 1. The second-order valence-electron chi connectivity index (χ2n) is 4.02. The molecule has 19 heavy (non-hydrogen) atoms. The van der Waals surface area contributed by atoms with Gasteiger partial charge in [0.25, 0.3) is 0 Å². The molecule has 0 bridgehead atoms. The summed E-state index contributed by atoms with van der Waals surface area (Å²) in [5.74, 6) is 1.38. The molecular formula is C14H15BrO3S. The monoisotopic (exact) mass is 342 g/mol. The summed E-state index contributed by atoms with van der Waals surface area (Å²) in [6.45, 7) is 0. The first kappa shape index (κ1) is 14.4. The molecule has 2 rings (SSSR count). The molecule has 5 heteroatoms. The van der Waals surface area contributed by atoms with E-state index in [-0.39, 0.29) is 0 Å². The Kier molecular flexibility index (Phi) is 4.85. The maximum Gasteiger partial charge on any atom is 0.124 e. The predicted molar refractivity (Wildman–Crippen MR) is 80.2 cm³/mol. The van der Waals surface area contributed by atoms with Crippen LogP contribution in [0.5, 0.6) is 11.5 Å².